The summed E-state index contributed by atoms with van der Waals surface area (Å²) in [5.41, 5.74) is 3.01. The molecule has 3 aromatic rings. The van der Waals surface area contributed by atoms with Gasteiger partial charge in [-0.15, -0.1) is 5.10 Å². The smallest absolute Gasteiger partial charge is 0.123 e. The van der Waals surface area contributed by atoms with Crippen molar-refractivity contribution >= 4 is 0 Å². The normalized spacial score (nSPS) is 10.7. The van der Waals surface area contributed by atoms with Crippen LogP contribution < -0.4 is 4.74 Å². The fraction of sp³-hybridized carbons (Fsp3) is 0.176. The molecule has 0 unspecified atom stereocenters. The Morgan fingerprint density at radius 1 is 1.09 bits per heavy atom. The number of aromatic nitrogens is 3. The van der Waals surface area contributed by atoms with Crippen LogP contribution >= 0.6 is 0 Å². The number of hydrogen-bond acceptors (Lipinski definition) is 4. The minimum absolute atomic E-state index is 0.204. The van der Waals surface area contributed by atoms with E-state index in [-0.39, 0.29) is 12.4 Å². The molecule has 1 aromatic heterocycles. The van der Waals surface area contributed by atoms with Gasteiger partial charge in [-0.2, -0.15) is 0 Å². The quantitative estimate of drug-likeness (QED) is 0.786. The Hall–Kier alpha value is -2.73. The highest BCUT2D eigenvalue weighted by Gasteiger charge is 2.14. The lowest BCUT2D eigenvalue weighted by Gasteiger charge is -2.09. The number of nitrogens with zero attached hydrogens (tertiary/aromatic N) is 3. The summed E-state index contributed by atoms with van der Waals surface area (Å²) in [7, 11) is 1.61. The number of aliphatic hydroxyl groups excluding tert-OH is 1. The second-order valence-corrected chi connectivity index (χ2v) is 5.06. The molecule has 2 aromatic carbocycles. The van der Waals surface area contributed by atoms with Gasteiger partial charge in [0.15, 0.2) is 0 Å². The molecule has 0 aliphatic heterocycles. The maximum absolute atomic E-state index is 13.0. The first-order valence-electron chi connectivity index (χ1n) is 7.13. The second-order valence-electron chi connectivity index (χ2n) is 5.06. The molecule has 0 saturated carbocycles. The Balaban J connectivity index is 1.97. The first kappa shape index (κ1) is 15.2. The van der Waals surface area contributed by atoms with E-state index < -0.39 is 0 Å². The van der Waals surface area contributed by atoms with Gasteiger partial charge in [0.05, 0.1) is 26.0 Å². The molecule has 1 heterocycles. The molecule has 0 aliphatic rings. The van der Waals surface area contributed by atoms with Gasteiger partial charge in [-0.05, 0) is 42.0 Å². The third-order valence-corrected chi connectivity index (χ3v) is 3.56. The highest BCUT2D eigenvalue weighted by molar-refractivity contribution is 5.62. The number of hydrogen-bond donors (Lipinski definition) is 1. The summed E-state index contributed by atoms with van der Waals surface area (Å²) in [6.45, 7) is 0.236. The van der Waals surface area contributed by atoms with Crippen LogP contribution in [0.25, 0.3) is 11.3 Å². The van der Waals surface area contributed by atoms with Gasteiger partial charge in [-0.1, -0.05) is 17.3 Å². The zero-order valence-corrected chi connectivity index (χ0v) is 12.6. The van der Waals surface area contributed by atoms with E-state index in [9.17, 15) is 9.50 Å². The Bertz CT molecular complexity index is 783. The van der Waals surface area contributed by atoms with E-state index in [4.69, 9.17) is 4.74 Å². The van der Waals surface area contributed by atoms with Crippen molar-refractivity contribution in [2.45, 2.75) is 13.2 Å². The summed E-state index contributed by atoms with van der Waals surface area (Å²) in [5.74, 6) is 0.468. The van der Waals surface area contributed by atoms with Crippen LogP contribution in [0.1, 0.15) is 11.3 Å². The lowest BCUT2D eigenvalue weighted by atomic mass is 10.1. The number of rotatable bonds is 5. The molecule has 0 saturated heterocycles. The predicted octanol–water partition coefficient (Wildman–Crippen LogP) is 2.63. The minimum Gasteiger partial charge on any atom is -0.497 e. The molecule has 0 bridgehead atoms. The molecular weight excluding hydrogens is 297 g/mol. The summed E-state index contributed by atoms with van der Waals surface area (Å²) in [6, 6.07) is 13.7. The van der Waals surface area contributed by atoms with E-state index in [1.165, 1.54) is 12.1 Å². The SMILES string of the molecule is COc1ccc(-c2c(CO)nnn2Cc2ccc(F)cc2)cc1. The van der Waals surface area contributed by atoms with Crippen LogP contribution in [0.5, 0.6) is 5.75 Å². The third-order valence-electron chi connectivity index (χ3n) is 3.56. The average Bonchev–Trinajstić information content (AvgIpc) is 2.99. The van der Waals surface area contributed by atoms with Crippen LogP contribution in [0.2, 0.25) is 0 Å². The van der Waals surface area contributed by atoms with Crippen LogP contribution in [0.4, 0.5) is 4.39 Å². The molecule has 3 rings (SSSR count). The van der Waals surface area contributed by atoms with E-state index in [0.29, 0.717) is 12.2 Å². The monoisotopic (exact) mass is 313 g/mol. The number of methoxy groups -OCH3 is 1. The van der Waals surface area contributed by atoms with Crippen molar-refractivity contribution in [2.75, 3.05) is 7.11 Å². The highest BCUT2D eigenvalue weighted by atomic mass is 19.1. The molecular formula is C17H16FN3O2. The molecule has 0 amide bonds. The van der Waals surface area contributed by atoms with Gasteiger partial charge in [-0.25, -0.2) is 9.07 Å². The van der Waals surface area contributed by atoms with Gasteiger partial charge in [0, 0.05) is 5.56 Å². The van der Waals surface area contributed by atoms with Gasteiger partial charge < -0.3 is 9.84 Å². The van der Waals surface area contributed by atoms with E-state index >= 15 is 0 Å². The lowest BCUT2D eigenvalue weighted by molar-refractivity contribution is 0.277. The maximum Gasteiger partial charge on any atom is 0.123 e. The number of benzene rings is 2. The molecule has 0 spiro atoms. The average molecular weight is 313 g/mol. The Morgan fingerprint density at radius 3 is 2.39 bits per heavy atom. The number of aliphatic hydroxyl groups is 1. The fourth-order valence-electron chi connectivity index (χ4n) is 2.39. The van der Waals surface area contributed by atoms with Crippen LogP contribution in [0.15, 0.2) is 48.5 Å². The van der Waals surface area contributed by atoms with Gasteiger partial charge in [0.25, 0.3) is 0 Å². The van der Waals surface area contributed by atoms with E-state index in [2.05, 4.69) is 10.3 Å². The first-order chi connectivity index (χ1) is 11.2. The van der Waals surface area contributed by atoms with Crippen LogP contribution in [0, 0.1) is 5.82 Å². The molecule has 23 heavy (non-hydrogen) atoms. The van der Waals surface area contributed by atoms with Gasteiger partial charge >= 0.3 is 0 Å². The van der Waals surface area contributed by atoms with Crippen molar-refractivity contribution in [3.8, 4) is 17.0 Å². The largest absolute Gasteiger partial charge is 0.497 e. The number of halogens is 1. The topological polar surface area (TPSA) is 60.2 Å². The van der Waals surface area contributed by atoms with Crippen molar-refractivity contribution < 1.29 is 14.2 Å². The summed E-state index contributed by atoms with van der Waals surface area (Å²) >= 11 is 0. The minimum atomic E-state index is -0.279. The molecule has 118 valence electrons. The van der Waals surface area contributed by atoms with E-state index in [1.54, 1.807) is 23.9 Å². The summed E-state index contributed by atoms with van der Waals surface area (Å²) in [5, 5.41) is 17.6. The van der Waals surface area contributed by atoms with Crippen LogP contribution in [-0.2, 0) is 13.2 Å². The maximum atomic E-state index is 13.0. The van der Waals surface area contributed by atoms with E-state index in [1.807, 2.05) is 24.3 Å². The first-order valence-corrected chi connectivity index (χ1v) is 7.13. The lowest BCUT2D eigenvalue weighted by Crippen LogP contribution is -2.04. The predicted molar refractivity (Wildman–Crippen MR) is 83.4 cm³/mol. The zero-order chi connectivity index (χ0) is 16.2. The zero-order valence-electron chi connectivity index (χ0n) is 12.6. The van der Waals surface area contributed by atoms with Gasteiger partial charge in [-0.3, -0.25) is 0 Å². The van der Waals surface area contributed by atoms with E-state index in [0.717, 1.165) is 22.6 Å². The van der Waals surface area contributed by atoms with Gasteiger partial charge in [0.2, 0.25) is 0 Å². The summed E-state index contributed by atoms with van der Waals surface area (Å²) in [4.78, 5) is 0. The molecule has 0 radical (unpaired) electrons. The summed E-state index contributed by atoms with van der Waals surface area (Å²) < 4.78 is 19.9. The summed E-state index contributed by atoms with van der Waals surface area (Å²) in [6.07, 6.45) is 0. The van der Waals surface area contributed by atoms with Crippen molar-refractivity contribution in [1.29, 1.82) is 0 Å². The van der Waals surface area contributed by atoms with Crippen molar-refractivity contribution in [1.82, 2.24) is 15.0 Å². The second kappa shape index (κ2) is 6.58. The van der Waals surface area contributed by atoms with Crippen molar-refractivity contribution in [2.24, 2.45) is 0 Å². The van der Waals surface area contributed by atoms with Crippen LogP contribution in [0.3, 0.4) is 0 Å². The Labute approximate surface area is 133 Å². The molecule has 1 N–H and O–H groups in total. The Morgan fingerprint density at radius 2 is 1.78 bits per heavy atom. The standard InChI is InChI=1S/C17H16FN3O2/c1-23-15-8-4-13(5-9-15)17-16(11-22)19-20-21(17)10-12-2-6-14(18)7-3-12/h2-9,22H,10-11H2,1H3. The fourth-order valence-corrected chi connectivity index (χ4v) is 2.39. The molecule has 5 nitrogen and oxygen atoms in total. The molecule has 0 atom stereocenters. The molecule has 6 heteroatoms. The molecule has 0 fully saturated rings. The van der Waals surface area contributed by atoms with Crippen molar-refractivity contribution in [3.05, 3.63) is 65.6 Å². The van der Waals surface area contributed by atoms with Gasteiger partial charge in [0.1, 0.15) is 17.3 Å². The molecule has 0 aliphatic carbocycles. The number of ether oxygens (including phenoxy) is 1. The Kier molecular flexibility index (Phi) is 4.34. The third kappa shape index (κ3) is 3.22. The highest BCUT2D eigenvalue weighted by Crippen LogP contribution is 2.25. The van der Waals surface area contributed by atoms with Crippen molar-refractivity contribution in [3.63, 3.8) is 0 Å². The van der Waals surface area contributed by atoms with Crippen LogP contribution in [-0.4, -0.2) is 27.2 Å².